The number of likely N-dealkylation sites (tertiary alicyclic amines) is 1. The molecule has 7 heteroatoms. The number of benzene rings is 1. The predicted octanol–water partition coefficient (Wildman–Crippen LogP) is 1.43. The quantitative estimate of drug-likeness (QED) is 0.481. The van der Waals surface area contributed by atoms with Gasteiger partial charge in [0.25, 0.3) is 0 Å². The molecule has 0 aromatic heterocycles. The second kappa shape index (κ2) is 7.73. The van der Waals surface area contributed by atoms with Crippen LogP contribution in [-0.2, 0) is 25.7 Å². The van der Waals surface area contributed by atoms with Crippen molar-refractivity contribution in [1.29, 1.82) is 0 Å². The molecule has 1 heterocycles. The van der Waals surface area contributed by atoms with Crippen LogP contribution in [0.5, 0.6) is 0 Å². The second-order valence-corrected chi connectivity index (χ2v) is 6.78. The first-order valence-corrected chi connectivity index (χ1v) is 8.91. The smallest absolute Gasteiger partial charge is 0.337 e. The molecule has 0 radical (unpaired) electrons. The number of esters is 1. The summed E-state index contributed by atoms with van der Waals surface area (Å²) in [6, 6.07) is 5.79. The Balaban J connectivity index is 1.60. The maximum absolute atomic E-state index is 12.5. The van der Waals surface area contributed by atoms with E-state index in [1.54, 1.807) is 31.2 Å². The number of methoxy groups -OCH3 is 1. The summed E-state index contributed by atoms with van der Waals surface area (Å²) in [5.41, 5.74) is 1.21. The number of nitrogens with one attached hydrogen (secondary N) is 1. The van der Waals surface area contributed by atoms with Gasteiger partial charge in [-0.2, -0.15) is 0 Å². The van der Waals surface area contributed by atoms with E-state index in [9.17, 15) is 19.2 Å². The van der Waals surface area contributed by atoms with Gasteiger partial charge in [-0.15, -0.1) is 0 Å². The molecule has 3 rings (SSSR count). The lowest BCUT2D eigenvalue weighted by atomic mass is 9.85. The van der Waals surface area contributed by atoms with Gasteiger partial charge in [-0.25, -0.2) is 4.79 Å². The van der Waals surface area contributed by atoms with Crippen LogP contribution in [0.2, 0.25) is 0 Å². The van der Waals surface area contributed by atoms with Crippen LogP contribution in [-0.4, -0.2) is 41.7 Å². The van der Waals surface area contributed by atoms with Crippen molar-refractivity contribution in [2.24, 2.45) is 11.8 Å². The standard InChI is InChI=1S/C20H22N2O5/c1-12(22-18(24)15-5-3-4-6-16(15)19(22)25)17(23)21-11-13-7-9-14(10-8-13)20(26)27-2/h3-4,7-10,12,15-16H,5-6,11H2,1-2H3,(H,21,23)/t12-,15+,16+/m1/s1. The van der Waals surface area contributed by atoms with Crippen molar-refractivity contribution < 1.29 is 23.9 Å². The number of carbonyl (C=O) groups is 4. The van der Waals surface area contributed by atoms with E-state index in [0.717, 1.165) is 10.5 Å². The van der Waals surface area contributed by atoms with E-state index in [4.69, 9.17) is 0 Å². The van der Waals surface area contributed by atoms with Crippen molar-refractivity contribution in [3.05, 3.63) is 47.5 Å². The summed E-state index contributed by atoms with van der Waals surface area (Å²) < 4.78 is 4.64. The largest absolute Gasteiger partial charge is 0.465 e. The SMILES string of the molecule is COC(=O)c1ccc(CNC(=O)[C@@H](C)N2C(=O)[C@H]3CC=CC[C@@H]3C2=O)cc1. The number of amides is 3. The third-order valence-corrected chi connectivity index (χ3v) is 5.15. The molecule has 0 unspecified atom stereocenters. The number of imide groups is 1. The molecular formula is C20H22N2O5. The minimum atomic E-state index is -0.857. The van der Waals surface area contributed by atoms with Crippen molar-refractivity contribution in [3.63, 3.8) is 0 Å². The summed E-state index contributed by atoms with van der Waals surface area (Å²) in [6.07, 6.45) is 4.93. The summed E-state index contributed by atoms with van der Waals surface area (Å²) in [5.74, 6) is -2.03. The predicted molar refractivity (Wildman–Crippen MR) is 96.3 cm³/mol. The molecule has 3 atom stereocenters. The molecule has 1 aromatic rings. The van der Waals surface area contributed by atoms with Gasteiger partial charge in [0, 0.05) is 6.54 Å². The van der Waals surface area contributed by atoms with E-state index < -0.39 is 12.0 Å². The number of hydrogen-bond acceptors (Lipinski definition) is 5. The molecule has 1 aliphatic carbocycles. The van der Waals surface area contributed by atoms with Gasteiger partial charge in [-0.05, 0) is 37.5 Å². The van der Waals surface area contributed by atoms with Crippen molar-refractivity contribution in [2.45, 2.75) is 32.4 Å². The Morgan fingerprint density at radius 1 is 1.11 bits per heavy atom. The molecule has 142 valence electrons. The van der Waals surface area contributed by atoms with Gasteiger partial charge in [0.15, 0.2) is 0 Å². The highest BCUT2D eigenvalue weighted by Crippen LogP contribution is 2.36. The lowest BCUT2D eigenvalue weighted by Crippen LogP contribution is -2.48. The number of nitrogens with zero attached hydrogens (tertiary/aromatic N) is 1. The first-order valence-electron chi connectivity index (χ1n) is 8.91. The number of fused-ring (bicyclic) bond motifs is 1. The van der Waals surface area contributed by atoms with E-state index in [1.165, 1.54) is 7.11 Å². The Kier molecular flexibility index (Phi) is 5.39. The third kappa shape index (κ3) is 3.63. The van der Waals surface area contributed by atoms with Crippen LogP contribution in [0.15, 0.2) is 36.4 Å². The van der Waals surface area contributed by atoms with Gasteiger partial charge >= 0.3 is 5.97 Å². The summed E-state index contributed by atoms with van der Waals surface area (Å²) in [7, 11) is 1.31. The van der Waals surface area contributed by atoms with Gasteiger partial charge in [0.05, 0.1) is 24.5 Å². The van der Waals surface area contributed by atoms with Gasteiger partial charge < -0.3 is 10.1 Å². The van der Waals surface area contributed by atoms with Crippen molar-refractivity contribution in [3.8, 4) is 0 Å². The third-order valence-electron chi connectivity index (χ3n) is 5.15. The molecule has 27 heavy (non-hydrogen) atoms. The fourth-order valence-corrected chi connectivity index (χ4v) is 3.54. The lowest BCUT2D eigenvalue weighted by Gasteiger charge is -2.22. The second-order valence-electron chi connectivity index (χ2n) is 6.78. The van der Waals surface area contributed by atoms with Crippen LogP contribution >= 0.6 is 0 Å². The van der Waals surface area contributed by atoms with Crippen LogP contribution in [0.25, 0.3) is 0 Å². The van der Waals surface area contributed by atoms with Crippen LogP contribution in [0.4, 0.5) is 0 Å². The Bertz CT molecular complexity index is 773. The minimum absolute atomic E-state index is 0.231. The maximum atomic E-state index is 12.5. The van der Waals surface area contributed by atoms with Crippen molar-refractivity contribution in [2.75, 3.05) is 7.11 Å². The molecule has 1 saturated heterocycles. The summed E-state index contributed by atoms with van der Waals surface area (Å²) in [4.78, 5) is 50.1. The average molecular weight is 370 g/mol. The lowest BCUT2D eigenvalue weighted by molar-refractivity contribution is -0.147. The van der Waals surface area contributed by atoms with Crippen LogP contribution in [0.3, 0.4) is 0 Å². The fraction of sp³-hybridized carbons (Fsp3) is 0.400. The molecule has 1 aliphatic heterocycles. The first kappa shape index (κ1) is 18.8. The van der Waals surface area contributed by atoms with Gasteiger partial charge in [0.2, 0.25) is 17.7 Å². The number of rotatable bonds is 5. The van der Waals surface area contributed by atoms with E-state index >= 15 is 0 Å². The summed E-state index contributed by atoms with van der Waals surface area (Å²) >= 11 is 0. The monoisotopic (exact) mass is 370 g/mol. The van der Waals surface area contributed by atoms with E-state index in [0.29, 0.717) is 18.4 Å². The topological polar surface area (TPSA) is 92.8 Å². The highest BCUT2D eigenvalue weighted by atomic mass is 16.5. The molecule has 0 spiro atoms. The molecular weight excluding hydrogens is 348 g/mol. The molecule has 0 saturated carbocycles. The van der Waals surface area contributed by atoms with Crippen LogP contribution in [0, 0.1) is 11.8 Å². The fourth-order valence-electron chi connectivity index (χ4n) is 3.54. The highest BCUT2D eigenvalue weighted by Gasteiger charge is 2.49. The maximum Gasteiger partial charge on any atom is 0.337 e. The zero-order valence-electron chi connectivity index (χ0n) is 15.3. The summed E-state index contributed by atoms with van der Waals surface area (Å²) in [5, 5.41) is 2.74. The molecule has 1 N–H and O–H groups in total. The molecule has 3 amide bonds. The number of carbonyl (C=O) groups excluding carboxylic acids is 4. The zero-order valence-corrected chi connectivity index (χ0v) is 15.3. The number of allylic oxidation sites excluding steroid dienone is 2. The Hall–Kier alpha value is -2.96. The highest BCUT2D eigenvalue weighted by molar-refractivity contribution is 6.08. The van der Waals surface area contributed by atoms with Crippen LogP contribution < -0.4 is 5.32 Å². The van der Waals surface area contributed by atoms with Crippen molar-refractivity contribution in [1.82, 2.24) is 10.2 Å². The normalized spacial score (nSPS) is 22.4. The molecule has 0 bridgehead atoms. The van der Waals surface area contributed by atoms with E-state index in [1.807, 2.05) is 12.2 Å². The average Bonchev–Trinajstić information content (AvgIpc) is 2.96. The van der Waals surface area contributed by atoms with Gasteiger partial charge in [0.1, 0.15) is 6.04 Å². The molecule has 1 fully saturated rings. The Morgan fingerprint density at radius 2 is 1.67 bits per heavy atom. The minimum Gasteiger partial charge on any atom is -0.465 e. The Labute approximate surface area is 157 Å². The molecule has 1 aromatic carbocycles. The van der Waals surface area contributed by atoms with E-state index in [2.05, 4.69) is 10.1 Å². The van der Waals surface area contributed by atoms with Gasteiger partial charge in [-0.1, -0.05) is 24.3 Å². The summed E-state index contributed by atoms with van der Waals surface area (Å²) in [6.45, 7) is 1.80. The number of ether oxygens (including phenoxy) is 1. The van der Waals surface area contributed by atoms with Gasteiger partial charge in [-0.3, -0.25) is 19.3 Å². The molecule has 7 nitrogen and oxygen atoms in total. The Morgan fingerprint density at radius 3 is 2.19 bits per heavy atom. The number of hydrogen-bond donors (Lipinski definition) is 1. The van der Waals surface area contributed by atoms with Crippen molar-refractivity contribution >= 4 is 23.7 Å². The molecule has 2 aliphatic rings. The van der Waals surface area contributed by atoms with E-state index in [-0.39, 0.29) is 36.1 Å². The van der Waals surface area contributed by atoms with Crippen LogP contribution in [0.1, 0.15) is 35.7 Å². The zero-order chi connectivity index (χ0) is 19.6. The first-order chi connectivity index (χ1) is 12.9.